The molecule has 0 saturated carbocycles. The second-order valence-electron chi connectivity index (χ2n) is 7.92. The number of aromatic nitrogens is 4. The number of aliphatic imine (C=N–C) groups is 1. The van der Waals surface area contributed by atoms with Crippen molar-refractivity contribution < 1.29 is 4.52 Å². The van der Waals surface area contributed by atoms with E-state index in [4.69, 9.17) is 4.52 Å². The highest BCUT2D eigenvalue weighted by molar-refractivity contribution is 14.0. The van der Waals surface area contributed by atoms with Gasteiger partial charge in [0.2, 0.25) is 5.89 Å². The summed E-state index contributed by atoms with van der Waals surface area (Å²) in [6.07, 6.45) is 3.91. The molecular weight excluding hydrogens is 493 g/mol. The number of para-hydroxylation sites is 1. The van der Waals surface area contributed by atoms with Crippen molar-refractivity contribution in [3.63, 3.8) is 0 Å². The largest absolute Gasteiger partial charge is 0.357 e. The van der Waals surface area contributed by atoms with E-state index in [0.717, 1.165) is 23.8 Å². The fraction of sp³-hybridized carbons (Fsp3) is 0.429. The summed E-state index contributed by atoms with van der Waals surface area (Å²) in [5.74, 6) is 1.98. The number of benzene rings is 1. The molecule has 1 N–H and O–H groups in total. The maximum atomic E-state index is 5.35. The summed E-state index contributed by atoms with van der Waals surface area (Å²) in [6, 6.07) is 10.1. The number of hydrogen-bond acceptors (Lipinski definition) is 5. The highest BCUT2D eigenvalue weighted by Crippen LogP contribution is 2.19. The van der Waals surface area contributed by atoms with Gasteiger partial charge in [-0.1, -0.05) is 44.1 Å². The van der Waals surface area contributed by atoms with Crippen molar-refractivity contribution in [3.8, 4) is 5.69 Å². The smallest absolute Gasteiger partial charge is 0.232 e. The lowest BCUT2D eigenvalue weighted by Gasteiger charge is -2.21. The molecule has 2 heterocycles. The van der Waals surface area contributed by atoms with Gasteiger partial charge in [-0.2, -0.15) is 10.1 Å². The summed E-state index contributed by atoms with van der Waals surface area (Å²) in [5.41, 5.74) is 1.96. The van der Waals surface area contributed by atoms with Crippen molar-refractivity contribution in [1.29, 1.82) is 0 Å². The summed E-state index contributed by atoms with van der Waals surface area (Å²) in [6.45, 7) is 9.98. The predicted octanol–water partition coefficient (Wildman–Crippen LogP) is 3.77. The zero-order valence-electron chi connectivity index (χ0n) is 18.2. The Labute approximate surface area is 194 Å². The van der Waals surface area contributed by atoms with E-state index in [1.54, 1.807) is 0 Å². The quantitative estimate of drug-likeness (QED) is 0.301. The first-order valence-corrected chi connectivity index (χ1v) is 9.78. The predicted molar refractivity (Wildman–Crippen MR) is 128 cm³/mol. The van der Waals surface area contributed by atoms with Crippen LogP contribution in [-0.2, 0) is 18.5 Å². The molecule has 0 aliphatic rings. The monoisotopic (exact) mass is 523 g/mol. The first-order valence-electron chi connectivity index (χ1n) is 9.78. The van der Waals surface area contributed by atoms with Crippen LogP contribution in [0, 0.1) is 0 Å². The van der Waals surface area contributed by atoms with Gasteiger partial charge in [-0.05, 0) is 19.1 Å². The Morgan fingerprint density at radius 2 is 1.97 bits per heavy atom. The molecule has 30 heavy (non-hydrogen) atoms. The lowest BCUT2D eigenvalue weighted by molar-refractivity contribution is 0.318. The first kappa shape index (κ1) is 23.8. The van der Waals surface area contributed by atoms with Gasteiger partial charge in [-0.15, -0.1) is 24.0 Å². The summed E-state index contributed by atoms with van der Waals surface area (Å²) in [7, 11) is 2.00. The number of halogens is 1. The molecule has 0 unspecified atom stereocenters. The molecule has 1 aromatic carbocycles. The van der Waals surface area contributed by atoms with E-state index in [1.165, 1.54) is 0 Å². The summed E-state index contributed by atoms with van der Waals surface area (Å²) < 4.78 is 7.22. The standard InChI is InChI=1S/C21H29N7O.HI/c1-6-22-20(23-13-18-25-19(29-26-18)21(2,3)4)27(5)14-16-12-24-28(15-16)17-10-8-7-9-11-17;/h7-12,15H,6,13-14H2,1-5H3,(H,22,23);1H. The van der Waals surface area contributed by atoms with Gasteiger partial charge in [0.1, 0.15) is 6.54 Å². The average Bonchev–Trinajstić information content (AvgIpc) is 3.35. The molecule has 8 nitrogen and oxygen atoms in total. The Morgan fingerprint density at radius 1 is 1.23 bits per heavy atom. The lowest BCUT2D eigenvalue weighted by Crippen LogP contribution is -2.38. The Bertz CT molecular complexity index is 944. The van der Waals surface area contributed by atoms with Crippen LogP contribution in [0.5, 0.6) is 0 Å². The van der Waals surface area contributed by atoms with Crippen molar-refractivity contribution in [3.05, 3.63) is 60.0 Å². The van der Waals surface area contributed by atoms with Crippen LogP contribution in [0.25, 0.3) is 5.69 Å². The van der Waals surface area contributed by atoms with Crippen molar-refractivity contribution >= 4 is 29.9 Å². The van der Waals surface area contributed by atoms with Crippen LogP contribution in [0.1, 0.15) is 45.0 Å². The zero-order chi connectivity index (χ0) is 20.9. The molecular formula is C21H30IN7O. The van der Waals surface area contributed by atoms with Gasteiger partial charge < -0.3 is 14.7 Å². The van der Waals surface area contributed by atoms with E-state index in [9.17, 15) is 0 Å². The van der Waals surface area contributed by atoms with E-state index in [0.29, 0.717) is 24.8 Å². The van der Waals surface area contributed by atoms with Crippen LogP contribution >= 0.6 is 24.0 Å². The Morgan fingerprint density at radius 3 is 2.60 bits per heavy atom. The van der Waals surface area contributed by atoms with Crippen LogP contribution in [0.3, 0.4) is 0 Å². The highest BCUT2D eigenvalue weighted by atomic mass is 127. The molecule has 3 rings (SSSR count). The van der Waals surface area contributed by atoms with Crippen molar-refractivity contribution in [1.82, 2.24) is 30.1 Å². The lowest BCUT2D eigenvalue weighted by atomic mass is 9.97. The molecule has 0 atom stereocenters. The second-order valence-corrected chi connectivity index (χ2v) is 7.92. The molecule has 0 spiro atoms. The second kappa shape index (κ2) is 10.6. The maximum absolute atomic E-state index is 5.35. The fourth-order valence-electron chi connectivity index (χ4n) is 2.75. The minimum Gasteiger partial charge on any atom is -0.357 e. The van der Waals surface area contributed by atoms with E-state index in [-0.39, 0.29) is 29.4 Å². The van der Waals surface area contributed by atoms with Gasteiger partial charge in [0.15, 0.2) is 11.8 Å². The third kappa shape index (κ3) is 6.28. The van der Waals surface area contributed by atoms with Crippen LogP contribution in [-0.4, -0.2) is 44.4 Å². The van der Waals surface area contributed by atoms with Gasteiger partial charge in [0.25, 0.3) is 0 Å². The first-order chi connectivity index (χ1) is 13.9. The molecule has 0 saturated heterocycles. The van der Waals surface area contributed by atoms with Gasteiger partial charge in [0.05, 0.1) is 11.9 Å². The summed E-state index contributed by atoms with van der Waals surface area (Å²) in [5, 5.41) is 11.8. The molecule has 9 heteroatoms. The normalized spacial score (nSPS) is 11.8. The summed E-state index contributed by atoms with van der Waals surface area (Å²) in [4.78, 5) is 11.2. The molecule has 0 fully saturated rings. The number of hydrogen-bond donors (Lipinski definition) is 1. The van der Waals surface area contributed by atoms with Gasteiger partial charge in [0, 0.05) is 37.3 Å². The van der Waals surface area contributed by atoms with Crippen molar-refractivity contribution in [2.75, 3.05) is 13.6 Å². The topological polar surface area (TPSA) is 84.4 Å². The molecule has 2 aromatic heterocycles. The van der Waals surface area contributed by atoms with Gasteiger partial charge >= 0.3 is 0 Å². The Balaban J connectivity index is 0.00000320. The zero-order valence-corrected chi connectivity index (χ0v) is 20.5. The third-order valence-corrected chi connectivity index (χ3v) is 4.25. The van der Waals surface area contributed by atoms with E-state index in [2.05, 4.69) is 30.4 Å². The number of rotatable bonds is 6. The van der Waals surface area contributed by atoms with Crippen LogP contribution in [0.4, 0.5) is 0 Å². The van der Waals surface area contributed by atoms with Crippen molar-refractivity contribution in [2.24, 2.45) is 4.99 Å². The highest BCUT2D eigenvalue weighted by Gasteiger charge is 2.21. The van der Waals surface area contributed by atoms with Crippen LogP contribution < -0.4 is 5.32 Å². The van der Waals surface area contributed by atoms with Gasteiger partial charge in [-0.25, -0.2) is 9.67 Å². The average molecular weight is 523 g/mol. The molecule has 162 valence electrons. The molecule has 3 aromatic rings. The van der Waals surface area contributed by atoms with Gasteiger partial charge in [-0.3, -0.25) is 0 Å². The van der Waals surface area contributed by atoms with E-state index >= 15 is 0 Å². The van der Waals surface area contributed by atoms with E-state index in [1.807, 2.05) is 82.1 Å². The molecule has 0 bridgehead atoms. The molecule has 0 amide bonds. The SMILES string of the molecule is CCNC(=NCc1noc(C(C)(C)C)n1)N(C)Cc1cnn(-c2ccccc2)c1.I. The Kier molecular flexibility index (Phi) is 8.39. The number of guanidine groups is 1. The van der Waals surface area contributed by atoms with Crippen LogP contribution in [0.15, 0.2) is 52.2 Å². The molecule has 0 aliphatic carbocycles. The van der Waals surface area contributed by atoms with Crippen LogP contribution in [0.2, 0.25) is 0 Å². The van der Waals surface area contributed by atoms with Crippen molar-refractivity contribution in [2.45, 2.75) is 46.2 Å². The molecule has 0 radical (unpaired) electrons. The number of nitrogens with one attached hydrogen (secondary N) is 1. The minimum absolute atomic E-state index is 0. The Hall–Kier alpha value is -2.43. The number of nitrogens with zero attached hydrogens (tertiary/aromatic N) is 6. The summed E-state index contributed by atoms with van der Waals surface area (Å²) >= 11 is 0. The van der Waals surface area contributed by atoms with E-state index < -0.39 is 0 Å². The fourth-order valence-corrected chi connectivity index (χ4v) is 2.75. The maximum Gasteiger partial charge on any atom is 0.232 e. The minimum atomic E-state index is -0.171. The third-order valence-electron chi connectivity index (χ3n) is 4.25. The molecule has 0 aliphatic heterocycles.